The molecule has 1 aromatic carbocycles. The summed E-state index contributed by atoms with van der Waals surface area (Å²) in [6.45, 7) is 6.87. The van der Waals surface area contributed by atoms with Crippen molar-refractivity contribution in [2.45, 2.75) is 20.8 Å². The number of nitrogens with zero attached hydrogens (tertiary/aromatic N) is 3. The van der Waals surface area contributed by atoms with Gasteiger partial charge in [0.15, 0.2) is 0 Å². The molecule has 0 aliphatic rings. The van der Waals surface area contributed by atoms with E-state index >= 15 is 0 Å². The third kappa shape index (κ3) is 5.51. The van der Waals surface area contributed by atoms with Crippen molar-refractivity contribution in [3.8, 4) is 0 Å². The van der Waals surface area contributed by atoms with Crippen molar-refractivity contribution in [1.29, 1.82) is 0 Å². The minimum Gasteiger partial charge on any atom is -0.368 e. The molecule has 7 nitrogen and oxygen atoms in total. The number of carbonyl (C=O) groups is 1. The van der Waals surface area contributed by atoms with Crippen LogP contribution in [0.3, 0.4) is 0 Å². The highest BCUT2D eigenvalue weighted by molar-refractivity contribution is 5.94. The number of benzene rings is 1. The van der Waals surface area contributed by atoms with Crippen LogP contribution in [-0.4, -0.2) is 33.9 Å². The first kappa shape index (κ1) is 19.3. The van der Waals surface area contributed by atoms with Crippen molar-refractivity contribution in [2.75, 3.05) is 23.7 Å². The lowest BCUT2D eigenvalue weighted by Gasteiger charge is -2.11. The van der Waals surface area contributed by atoms with Crippen LogP contribution in [0.4, 0.5) is 17.5 Å². The number of aromatic nitrogens is 3. The molecule has 2 heterocycles. The van der Waals surface area contributed by atoms with Gasteiger partial charge in [0.1, 0.15) is 23.3 Å². The van der Waals surface area contributed by atoms with Crippen molar-refractivity contribution in [3.63, 3.8) is 0 Å². The van der Waals surface area contributed by atoms with E-state index < -0.39 is 0 Å². The van der Waals surface area contributed by atoms with Gasteiger partial charge in [-0.1, -0.05) is 17.7 Å². The lowest BCUT2D eigenvalue weighted by molar-refractivity contribution is 0.0955. The molecule has 2 aromatic heterocycles. The Labute approximate surface area is 164 Å². The summed E-state index contributed by atoms with van der Waals surface area (Å²) in [5.74, 6) is 2.64. The molecule has 0 spiro atoms. The molecule has 3 N–H and O–H groups in total. The van der Waals surface area contributed by atoms with Gasteiger partial charge in [-0.25, -0.2) is 15.0 Å². The second kappa shape index (κ2) is 8.94. The highest BCUT2D eigenvalue weighted by Crippen LogP contribution is 2.16. The molecule has 0 fully saturated rings. The lowest BCUT2D eigenvalue weighted by Crippen LogP contribution is -2.28. The summed E-state index contributed by atoms with van der Waals surface area (Å²) in [5, 5.41) is 9.29. The van der Waals surface area contributed by atoms with Crippen molar-refractivity contribution in [2.24, 2.45) is 0 Å². The van der Waals surface area contributed by atoms with Crippen LogP contribution < -0.4 is 16.0 Å². The Morgan fingerprint density at radius 2 is 1.61 bits per heavy atom. The quantitative estimate of drug-likeness (QED) is 0.548. The Morgan fingerprint density at radius 3 is 2.36 bits per heavy atom. The zero-order valence-corrected chi connectivity index (χ0v) is 16.3. The molecule has 0 atom stereocenters. The molecule has 0 saturated carbocycles. The molecular formula is C21H24N6O. The number of anilines is 3. The lowest BCUT2D eigenvalue weighted by atomic mass is 10.1. The van der Waals surface area contributed by atoms with E-state index in [1.54, 1.807) is 6.20 Å². The Morgan fingerprint density at radius 1 is 0.857 bits per heavy atom. The highest BCUT2D eigenvalue weighted by Gasteiger charge is 2.06. The van der Waals surface area contributed by atoms with Gasteiger partial charge in [0.2, 0.25) is 0 Å². The van der Waals surface area contributed by atoms with E-state index in [4.69, 9.17) is 0 Å². The van der Waals surface area contributed by atoms with Gasteiger partial charge in [0, 0.05) is 30.9 Å². The van der Waals surface area contributed by atoms with Crippen LogP contribution in [0.15, 0.2) is 48.7 Å². The molecule has 28 heavy (non-hydrogen) atoms. The molecule has 0 aliphatic heterocycles. The summed E-state index contributed by atoms with van der Waals surface area (Å²) in [6.07, 6.45) is 1.75. The Kier molecular flexibility index (Phi) is 6.16. The third-order valence-corrected chi connectivity index (χ3v) is 4.04. The van der Waals surface area contributed by atoms with E-state index in [1.807, 2.05) is 63.2 Å². The van der Waals surface area contributed by atoms with Crippen molar-refractivity contribution < 1.29 is 4.79 Å². The summed E-state index contributed by atoms with van der Waals surface area (Å²) >= 11 is 0. The molecule has 3 aromatic rings. The summed E-state index contributed by atoms with van der Waals surface area (Å²) in [4.78, 5) is 25.2. The Hall–Kier alpha value is -3.48. The normalized spacial score (nSPS) is 10.4. The maximum absolute atomic E-state index is 12.1. The first-order valence-corrected chi connectivity index (χ1v) is 9.14. The van der Waals surface area contributed by atoms with Crippen LogP contribution in [0.5, 0.6) is 0 Å². The Balaban J connectivity index is 1.53. The van der Waals surface area contributed by atoms with Crippen LogP contribution in [0.2, 0.25) is 0 Å². The maximum atomic E-state index is 12.1. The standard InChI is InChI=1S/C21H24N6O/c1-14-4-6-17(7-5-14)21(28)24-11-10-23-19-13-20(26-16(3)25-19)27-18-12-15(2)8-9-22-18/h4-9,12-13H,10-11H2,1-3H3,(H,24,28)(H2,22,23,25,26,27). The molecule has 3 rings (SSSR count). The number of rotatable bonds is 7. The molecule has 0 radical (unpaired) electrons. The number of aryl methyl sites for hydroxylation is 3. The number of pyridine rings is 1. The molecule has 0 saturated heterocycles. The van der Waals surface area contributed by atoms with Gasteiger partial charge in [-0.2, -0.15) is 0 Å². The summed E-state index contributed by atoms with van der Waals surface area (Å²) in [7, 11) is 0. The fourth-order valence-electron chi connectivity index (χ4n) is 2.63. The Bertz CT molecular complexity index is 955. The summed E-state index contributed by atoms with van der Waals surface area (Å²) in [6, 6.07) is 13.2. The van der Waals surface area contributed by atoms with Crippen LogP contribution in [0.1, 0.15) is 27.3 Å². The van der Waals surface area contributed by atoms with Crippen LogP contribution >= 0.6 is 0 Å². The van der Waals surface area contributed by atoms with Crippen LogP contribution in [-0.2, 0) is 0 Å². The zero-order valence-electron chi connectivity index (χ0n) is 16.3. The van der Waals surface area contributed by atoms with E-state index in [9.17, 15) is 4.79 Å². The third-order valence-electron chi connectivity index (χ3n) is 4.04. The number of carbonyl (C=O) groups excluding carboxylic acids is 1. The van der Waals surface area contributed by atoms with E-state index in [0.717, 1.165) is 16.9 Å². The fraction of sp³-hybridized carbons (Fsp3) is 0.238. The largest absolute Gasteiger partial charge is 0.368 e. The van der Waals surface area contributed by atoms with Gasteiger partial charge < -0.3 is 16.0 Å². The minimum absolute atomic E-state index is 0.0893. The van der Waals surface area contributed by atoms with Gasteiger partial charge in [0.25, 0.3) is 5.91 Å². The molecular weight excluding hydrogens is 352 g/mol. The van der Waals surface area contributed by atoms with Gasteiger partial charge in [-0.05, 0) is 50.6 Å². The first-order valence-electron chi connectivity index (χ1n) is 9.14. The van der Waals surface area contributed by atoms with Crippen LogP contribution in [0, 0.1) is 20.8 Å². The number of nitrogens with one attached hydrogen (secondary N) is 3. The molecule has 1 amide bonds. The second-order valence-corrected chi connectivity index (χ2v) is 6.58. The number of amides is 1. The average molecular weight is 376 g/mol. The predicted octanol–water partition coefficient (Wildman–Crippen LogP) is 3.38. The van der Waals surface area contributed by atoms with Gasteiger partial charge in [-0.15, -0.1) is 0 Å². The smallest absolute Gasteiger partial charge is 0.251 e. The fourth-order valence-corrected chi connectivity index (χ4v) is 2.63. The van der Waals surface area contributed by atoms with E-state index in [0.29, 0.717) is 36.1 Å². The van der Waals surface area contributed by atoms with Crippen LogP contribution in [0.25, 0.3) is 0 Å². The number of hydrogen-bond donors (Lipinski definition) is 3. The van der Waals surface area contributed by atoms with E-state index in [1.165, 1.54) is 0 Å². The number of hydrogen-bond acceptors (Lipinski definition) is 6. The van der Waals surface area contributed by atoms with Crippen molar-refractivity contribution in [1.82, 2.24) is 20.3 Å². The molecule has 0 unspecified atom stereocenters. The molecule has 144 valence electrons. The predicted molar refractivity (Wildman–Crippen MR) is 111 cm³/mol. The van der Waals surface area contributed by atoms with E-state index in [2.05, 4.69) is 30.9 Å². The molecule has 7 heteroatoms. The topological polar surface area (TPSA) is 91.8 Å². The zero-order chi connectivity index (χ0) is 19.9. The average Bonchev–Trinajstić information content (AvgIpc) is 2.65. The first-order chi connectivity index (χ1) is 13.5. The van der Waals surface area contributed by atoms with Gasteiger partial charge in [-0.3, -0.25) is 4.79 Å². The van der Waals surface area contributed by atoms with Crippen molar-refractivity contribution >= 4 is 23.4 Å². The highest BCUT2D eigenvalue weighted by atomic mass is 16.1. The summed E-state index contributed by atoms with van der Waals surface area (Å²) < 4.78 is 0. The maximum Gasteiger partial charge on any atom is 0.251 e. The van der Waals surface area contributed by atoms with Gasteiger partial charge >= 0.3 is 0 Å². The van der Waals surface area contributed by atoms with E-state index in [-0.39, 0.29) is 5.91 Å². The van der Waals surface area contributed by atoms with Crippen molar-refractivity contribution in [3.05, 3.63) is 71.2 Å². The van der Waals surface area contributed by atoms with Gasteiger partial charge in [0.05, 0.1) is 0 Å². The second-order valence-electron chi connectivity index (χ2n) is 6.58. The molecule has 0 bridgehead atoms. The summed E-state index contributed by atoms with van der Waals surface area (Å²) in [5.41, 5.74) is 2.90. The SMILES string of the molecule is Cc1ccc(C(=O)NCCNc2cc(Nc3cc(C)ccn3)nc(C)n2)cc1. The minimum atomic E-state index is -0.0893. The molecule has 0 aliphatic carbocycles. The monoisotopic (exact) mass is 376 g/mol.